The first-order valence-electron chi connectivity index (χ1n) is 12.6. The van der Waals surface area contributed by atoms with Crippen molar-refractivity contribution in [2.75, 3.05) is 119 Å². The number of ether oxygens (including phenoxy) is 4. The molecule has 0 aliphatic rings. The zero-order valence-corrected chi connectivity index (χ0v) is 21.5. The lowest BCUT2D eigenvalue weighted by molar-refractivity contribution is -0.402. The fourth-order valence-corrected chi connectivity index (χ4v) is 2.47. The van der Waals surface area contributed by atoms with Crippen LogP contribution >= 0.6 is 0 Å². The predicted octanol–water partition coefficient (Wildman–Crippen LogP) is -1.09. The van der Waals surface area contributed by atoms with E-state index in [9.17, 15) is 0 Å². The minimum atomic E-state index is -0.0224. The van der Waals surface area contributed by atoms with Crippen LogP contribution in [0, 0.1) is 0 Å². The van der Waals surface area contributed by atoms with E-state index < -0.39 is 0 Å². The summed E-state index contributed by atoms with van der Waals surface area (Å²) < 4.78 is 20.9. The smallest absolute Gasteiger partial charge is 0.0733 e. The molecular formula is C22H48N2O12. The third-order valence-electron chi connectivity index (χ3n) is 4.08. The number of aliphatic hydroxyl groups excluding tert-OH is 4. The van der Waals surface area contributed by atoms with Crippen LogP contribution in [0.25, 0.3) is 0 Å². The zero-order chi connectivity index (χ0) is 26.4. The van der Waals surface area contributed by atoms with Gasteiger partial charge in [-0.2, -0.15) is 0 Å². The van der Waals surface area contributed by atoms with E-state index in [0.717, 1.165) is 0 Å². The van der Waals surface area contributed by atoms with Crippen molar-refractivity contribution in [2.24, 2.45) is 0 Å². The summed E-state index contributed by atoms with van der Waals surface area (Å²) in [4.78, 5) is 22.8. The molecule has 0 spiro atoms. The lowest BCUT2D eigenvalue weighted by atomic mass is 10.5. The summed E-state index contributed by atoms with van der Waals surface area (Å²) in [5.74, 6) is 0. The van der Waals surface area contributed by atoms with E-state index in [1.54, 1.807) is 0 Å². The monoisotopic (exact) mass is 532 g/mol. The van der Waals surface area contributed by atoms with Crippen molar-refractivity contribution in [3.8, 4) is 0 Å². The van der Waals surface area contributed by atoms with Gasteiger partial charge in [0.15, 0.2) is 0 Å². The maximum atomic E-state index is 8.77. The van der Waals surface area contributed by atoms with Crippen molar-refractivity contribution >= 4 is 0 Å². The molecular weight excluding hydrogens is 484 g/mol. The van der Waals surface area contributed by atoms with E-state index in [2.05, 4.69) is 0 Å². The van der Waals surface area contributed by atoms with Gasteiger partial charge in [0.05, 0.1) is 92.4 Å². The number of aliphatic hydroxyl groups is 4. The Bertz CT molecular complexity index is 347. The van der Waals surface area contributed by atoms with Gasteiger partial charge in [0.2, 0.25) is 0 Å². The molecule has 0 aliphatic heterocycles. The highest BCUT2D eigenvalue weighted by Crippen LogP contribution is 2.02. The predicted molar refractivity (Wildman–Crippen MR) is 127 cm³/mol. The Hall–Kier alpha value is -0.560. The van der Waals surface area contributed by atoms with E-state index in [1.165, 1.54) is 10.5 Å². The maximum absolute atomic E-state index is 8.77. The standard InChI is InChI=1S/C22H48N2O12/c25-7-19-29-11-1-15-33-23(34-16-2-12-30-20-8-26)5-6-24(35-17-3-13-31-21-9-27)36-18-4-14-32-22-10-28/h25-28H,1-22H2. The molecule has 0 amide bonds. The van der Waals surface area contributed by atoms with E-state index in [1.807, 2.05) is 0 Å². The van der Waals surface area contributed by atoms with Crippen LogP contribution in [0.15, 0.2) is 0 Å². The second-order valence-electron chi connectivity index (χ2n) is 7.20. The van der Waals surface area contributed by atoms with Crippen molar-refractivity contribution in [3.63, 3.8) is 0 Å². The van der Waals surface area contributed by atoms with Gasteiger partial charge in [0.25, 0.3) is 0 Å². The highest BCUT2D eigenvalue weighted by atomic mass is 17.0. The van der Waals surface area contributed by atoms with Crippen LogP contribution in [0.3, 0.4) is 0 Å². The summed E-state index contributed by atoms with van der Waals surface area (Å²) in [6.07, 6.45) is 2.49. The molecule has 218 valence electrons. The quantitative estimate of drug-likeness (QED) is 0.0630. The highest BCUT2D eigenvalue weighted by molar-refractivity contribution is 4.43. The maximum Gasteiger partial charge on any atom is 0.0733 e. The van der Waals surface area contributed by atoms with E-state index in [4.69, 9.17) is 58.7 Å². The van der Waals surface area contributed by atoms with Crippen LogP contribution in [-0.4, -0.2) is 150 Å². The minimum Gasteiger partial charge on any atom is -0.394 e. The molecule has 0 saturated heterocycles. The van der Waals surface area contributed by atoms with Crippen molar-refractivity contribution in [2.45, 2.75) is 25.7 Å². The third-order valence-corrected chi connectivity index (χ3v) is 4.08. The largest absolute Gasteiger partial charge is 0.394 e. The van der Waals surface area contributed by atoms with Gasteiger partial charge in [0.1, 0.15) is 0 Å². The first-order valence-corrected chi connectivity index (χ1v) is 12.6. The number of nitrogens with zero attached hydrogens (tertiary/aromatic N) is 2. The first-order chi connectivity index (χ1) is 17.8. The number of hydroxylamine groups is 4. The van der Waals surface area contributed by atoms with Gasteiger partial charge in [-0.25, -0.2) is 0 Å². The SMILES string of the molecule is OCCOCCCON(CCN(OCCCOCCO)OCCCOCCO)OCCCOCCO. The normalized spacial score (nSPS) is 11.8. The number of rotatable bonds is 31. The van der Waals surface area contributed by atoms with Crippen LogP contribution in [-0.2, 0) is 38.3 Å². The number of hydrogen-bond acceptors (Lipinski definition) is 14. The Morgan fingerprint density at radius 1 is 0.333 bits per heavy atom. The molecule has 0 unspecified atom stereocenters. The summed E-state index contributed by atoms with van der Waals surface area (Å²) in [6.45, 7) is 4.95. The Kier molecular flexibility index (Phi) is 30.2. The van der Waals surface area contributed by atoms with E-state index >= 15 is 0 Å². The highest BCUT2D eigenvalue weighted by Gasteiger charge is 2.13. The molecule has 0 rings (SSSR count). The summed E-state index contributed by atoms with van der Waals surface area (Å²) in [7, 11) is 0. The van der Waals surface area contributed by atoms with Crippen molar-refractivity contribution < 1.29 is 58.7 Å². The molecule has 0 atom stereocenters. The summed E-state index contributed by atoms with van der Waals surface area (Å²) in [5, 5.41) is 37.8. The first kappa shape index (κ1) is 35.4. The molecule has 0 aromatic rings. The van der Waals surface area contributed by atoms with E-state index in [0.29, 0.717) is 91.6 Å². The molecule has 0 fully saturated rings. The van der Waals surface area contributed by atoms with Crippen LogP contribution in [0.5, 0.6) is 0 Å². The molecule has 0 bridgehead atoms. The Morgan fingerprint density at radius 3 is 0.806 bits per heavy atom. The summed E-state index contributed by atoms with van der Waals surface area (Å²) in [6, 6.07) is 0. The minimum absolute atomic E-state index is 0.0224. The zero-order valence-electron chi connectivity index (χ0n) is 21.5. The summed E-state index contributed by atoms with van der Waals surface area (Å²) >= 11 is 0. The van der Waals surface area contributed by atoms with Crippen LogP contribution in [0.4, 0.5) is 0 Å². The van der Waals surface area contributed by atoms with Crippen molar-refractivity contribution in [1.82, 2.24) is 10.5 Å². The second-order valence-corrected chi connectivity index (χ2v) is 7.20. The molecule has 0 aromatic carbocycles. The molecule has 0 radical (unpaired) electrons. The molecule has 14 heteroatoms. The van der Waals surface area contributed by atoms with Crippen molar-refractivity contribution in [1.29, 1.82) is 0 Å². The van der Waals surface area contributed by atoms with E-state index in [-0.39, 0.29) is 52.9 Å². The van der Waals surface area contributed by atoms with Gasteiger partial charge in [0, 0.05) is 26.4 Å². The Balaban J connectivity index is 4.50. The lowest BCUT2D eigenvalue weighted by Gasteiger charge is -2.25. The molecule has 0 saturated carbocycles. The van der Waals surface area contributed by atoms with Crippen molar-refractivity contribution in [3.05, 3.63) is 0 Å². The van der Waals surface area contributed by atoms with Gasteiger partial charge in [-0.1, -0.05) is 10.5 Å². The van der Waals surface area contributed by atoms with Gasteiger partial charge in [-0.05, 0) is 25.7 Å². The lowest BCUT2D eigenvalue weighted by Crippen LogP contribution is -2.37. The van der Waals surface area contributed by atoms with Crippen LogP contribution < -0.4 is 0 Å². The van der Waals surface area contributed by atoms with Gasteiger partial charge >= 0.3 is 0 Å². The fourth-order valence-electron chi connectivity index (χ4n) is 2.47. The average Bonchev–Trinajstić information content (AvgIpc) is 2.89. The topological polar surface area (TPSA) is 161 Å². The molecule has 4 N–H and O–H groups in total. The van der Waals surface area contributed by atoms with Crippen LogP contribution in [0.2, 0.25) is 0 Å². The molecule has 14 nitrogen and oxygen atoms in total. The average molecular weight is 533 g/mol. The second kappa shape index (κ2) is 30.7. The molecule has 0 aromatic heterocycles. The molecule has 36 heavy (non-hydrogen) atoms. The van der Waals surface area contributed by atoms with Gasteiger partial charge in [-0.15, -0.1) is 0 Å². The molecule has 0 aliphatic carbocycles. The summed E-state index contributed by atoms with van der Waals surface area (Å²) in [5.41, 5.74) is 0. The Labute approximate surface area is 214 Å². The number of hydrogen-bond donors (Lipinski definition) is 4. The van der Waals surface area contributed by atoms with Gasteiger partial charge < -0.3 is 39.4 Å². The van der Waals surface area contributed by atoms with Crippen LogP contribution in [0.1, 0.15) is 25.7 Å². The van der Waals surface area contributed by atoms with Gasteiger partial charge in [-0.3, -0.25) is 19.4 Å². The fraction of sp³-hybridized carbons (Fsp3) is 1.00. The molecule has 0 heterocycles. The third kappa shape index (κ3) is 26.5. The Morgan fingerprint density at radius 2 is 0.583 bits per heavy atom.